The molecule has 0 bridgehead atoms. The highest BCUT2D eigenvalue weighted by atomic mass is 35.5. The third-order valence-corrected chi connectivity index (χ3v) is 3.77. The molecule has 1 heterocycles. The van der Waals surface area contributed by atoms with Gasteiger partial charge >= 0.3 is 0 Å². The fourth-order valence-electron chi connectivity index (χ4n) is 1.54. The van der Waals surface area contributed by atoms with Gasteiger partial charge in [0.05, 0.1) is 34.8 Å². The highest BCUT2D eigenvalue weighted by Crippen LogP contribution is 2.32. The molecule has 0 aliphatic carbocycles. The van der Waals surface area contributed by atoms with Gasteiger partial charge in [0.15, 0.2) is 0 Å². The molecule has 8 heteroatoms. The molecule has 1 aromatic carbocycles. The molecule has 20 heavy (non-hydrogen) atoms. The fourth-order valence-corrected chi connectivity index (χ4v) is 2.41. The fraction of sp³-hybridized carbons (Fsp3) is 0.0833. The smallest absolute Gasteiger partial charge is 0.122 e. The van der Waals surface area contributed by atoms with Crippen LogP contribution in [0.1, 0.15) is 11.3 Å². The minimum absolute atomic E-state index is 0.495. The van der Waals surface area contributed by atoms with Gasteiger partial charge in [0.25, 0.3) is 0 Å². The van der Waals surface area contributed by atoms with E-state index < -0.39 is 0 Å². The molecule has 2 aromatic rings. The molecule has 1 aromatic heterocycles. The first-order valence-electron chi connectivity index (χ1n) is 5.49. The molecule has 3 N–H and O–H groups in total. The molecule has 106 valence electrons. The molecule has 0 spiro atoms. The second-order valence-corrected chi connectivity index (χ2v) is 5.05. The van der Waals surface area contributed by atoms with Gasteiger partial charge in [-0.25, -0.2) is 0 Å². The number of halogens is 1. The summed E-state index contributed by atoms with van der Waals surface area (Å²) >= 11 is 12.1. The van der Waals surface area contributed by atoms with Crippen LogP contribution in [-0.2, 0) is 15.9 Å². The Hall–Kier alpha value is -1.09. The Morgan fingerprint density at radius 1 is 1.50 bits per heavy atom. The maximum absolute atomic E-state index is 6.15. The van der Waals surface area contributed by atoms with Crippen LogP contribution in [0.2, 0.25) is 5.02 Å². The predicted molar refractivity (Wildman–Crippen MR) is 82.5 cm³/mol. The van der Waals surface area contributed by atoms with E-state index in [1.807, 2.05) is 12.1 Å². The lowest BCUT2D eigenvalue weighted by molar-refractivity contribution is -0.195. The maximum atomic E-state index is 6.15. The van der Waals surface area contributed by atoms with Crippen molar-refractivity contribution in [2.75, 3.05) is 5.32 Å². The topological polar surface area (TPSA) is 69.7 Å². The predicted octanol–water partition coefficient (Wildman–Crippen LogP) is 3.72. The number of nitrogens with one attached hydrogen (secondary N) is 1. The molecule has 0 saturated carbocycles. The Morgan fingerprint density at radius 3 is 3.00 bits per heavy atom. The molecule has 0 fully saturated rings. The lowest BCUT2D eigenvalue weighted by atomic mass is 10.2. The summed E-state index contributed by atoms with van der Waals surface area (Å²) in [6.45, 7) is 0.536. The number of hydrogen-bond acceptors (Lipinski definition) is 7. The third-order valence-electron chi connectivity index (χ3n) is 2.43. The number of benzene rings is 1. The van der Waals surface area contributed by atoms with Crippen molar-refractivity contribution in [3.8, 4) is 0 Å². The van der Waals surface area contributed by atoms with Crippen LogP contribution in [0.3, 0.4) is 0 Å². The van der Waals surface area contributed by atoms with Crippen LogP contribution in [0, 0.1) is 0 Å². The molecule has 0 aliphatic heterocycles. The van der Waals surface area contributed by atoms with Crippen molar-refractivity contribution in [3.05, 3.63) is 46.9 Å². The first-order chi connectivity index (χ1) is 9.74. The van der Waals surface area contributed by atoms with E-state index in [4.69, 9.17) is 34.1 Å². The molecule has 0 saturated heterocycles. The van der Waals surface area contributed by atoms with Gasteiger partial charge in [-0.05, 0) is 24.3 Å². The van der Waals surface area contributed by atoms with Crippen molar-refractivity contribution in [1.29, 1.82) is 0 Å². The van der Waals surface area contributed by atoms with Crippen molar-refractivity contribution < 1.29 is 13.7 Å². The normalized spacial score (nSPS) is 10.5. The van der Waals surface area contributed by atoms with E-state index in [0.717, 1.165) is 29.1 Å². The van der Waals surface area contributed by atoms with E-state index in [1.165, 1.54) is 0 Å². The molecular weight excluding hydrogens is 320 g/mol. The van der Waals surface area contributed by atoms with E-state index >= 15 is 0 Å². The summed E-state index contributed by atoms with van der Waals surface area (Å²) < 4.78 is 9.83. The van der Waals surface area contributed by atoms with E-state index in [9.17, 15) is 0 Å². The highest BCUT2D eigenvalue weighted by molar-refractivity contribution is 7.94. The summed E-state index contributed by atoms with van der Waals surface area (Å²) in [5.74, 6) is 5.61. The average Bonchev–Trinajstić information content (AvgIpc) is 2.97. The highest BCUT2D eigenvalue weighted by Gasteiger charge is 2.09. The number of hydrogen-bond donors (Lipinski definition) is 2. The maximum Gasteiger partial charge on any atom is 0.122 e. The van der Waals surface area contributed by atoms with Crippen molar-refractivity contribution in [1.82, 2.24) is 0 Å². The van der Waals surface area contributed by atoms with Crippen LogP contribution in [0.15, 0.2) is 39.8 Å². The summed E-state index contributed by atoms with van der Waals surface area (Å²) in [4.78, 5) is 4.69. The monoisotopic (exact) mass is 330 g/mol. The van der Waals surface area contributed by atoms with Crippen molar-refractivity contribution in [2.45, 2.75) is 11.4 Å². The minimum Gasteiger partial charge on any atom is -0.467 e. The number of rotatable bonds is 7. The number of furan rings is 1. The van der Waals surface area contributed by atoms with E-state index in [-0.39, 0.29) is 0 Å². The summed E-state index contributed by atoms with van der Waals surface area (Å²) in [5.41, 5.74) is 1.61. The number of anilines is 1. The van der Waals surface area contributed by atoms with Gasteiger partial charge in [-0.15, -0.1) is 9.32 Å². The Kier molecular flexibility index (Phi) is 5.84. The molecule has 5 nitrogen and oxygen atoms in total. The number of thiocarbonyl (C=S) groups is 1. The molecule has 0 atom stereocenters. The van der Waals surface area contributed by atoms with Gasteiger partial charge in [-0.2, -0.15) is 5.90 Å². The summed E-state index contributed by atoms with van der Waals surface area (Å²) in [6.07, 6.45) is 1.62. The minimum atomic E-state index is 0.495. The van der Waals surface area contributed by atoms with Crippen LogP contribution in [0.5, 0.6) is 0 Å². The standard InChI is InChI=1S/C12H11ClN2O3S2/c13-10-5-11(15-6-9-2-1-3-16-9)8(7-19)4-12(10)20-18-17-14/h1-5,7,15H,6,14H2. The van der Waals surface area contributed by atoms with E-state index in [1.54, 1.807) is 23.8 Å². The van der Waals surface area contributed by atoms with Crippen LogP contribution in [0.25, 0.3) is 0 Å². The van der Waals surface area contributed by atoms with Gasteiger partial charge in [0.2, 0.25) is 0 Å². The summed E-state index contributed by atoms with van der Waals surface area (Å²) in [6, 6.07) is 7.24. The van der Waals surface area contributed by atoms with Crippen molar-refractivity contribution >= 4 is 46.9 Å². The van der Waals surface area contributed by atoms with Gasteiger partial charge in [0, 0.05) is 16.6 Å². The third kappa shape index (κ3) is 3.95. The van der Waals surface area contributed by atoms with Crippen LogP contribution < -0.4 is 11.2 Å². The second-order valence-electron chi connectivity index (χ2n) is 3.67. The quantitative estimate of drug-likeness (QED) is 0.347. The lowest BCUT2D eigenvalue weighted by Gasteiger charge is -2.11. The summed E-state index contributed by atoms with van der Waals surface area (Å²) in [5, 5.41) is 5.25. The van der Waals surface area contributed by atoms with Gasteiger partial charge in [-0.3, -0.25) is 0 Å². The first-order valence-corrected chi connectivity index (χ1v) is 7.08. The molecule has 2 rings (SSSR count). The van der Waals surface area contributed by atoms with E-state index in [2.05, 4.69) is 14.6 Å². The lowest BCUT2D eigenvalue weighted by Crippen LogP contribution is -2.02. The van der Waals surface area contributed by atoms with Crippen LogP contribution >= 0.6 is 35.9 Å². The number of nitrogens with two attached hydrogens (primary N) is 1. The van der Waals surface area contributed by atoms with Gasteiger partial charge in [-0.1, -0.05) is 23.8 Å². The second kappa shape index (κ2) is 7.63. The first kappa shape index (κ1) is 15.3. The SMILES string of the molecule is NOOSc1cc(C=S)c(NCc2ccco2)cc1Cl. The molecular formula is C12H11ClN2O3S2. The molecule has 0 radical (unpaired) electrons. The average molecular weight is 331 g/mol. The zero-order valence-electron chi connectivity index (χ0n) is 10.2. The van der Waals surface area contributed by atoms with E-state index in [0.29, 0.717) is 16.5 Å². The summed E-state index contributed by atoms with van der Waals surface area (Å²) in [7, 11) is 0. The van der Waals surface area contributed by atoms with Crippen LogP contribution in [0.4, 0.5) is 5.69 Å². The zero-order chi connectivity index (χ0) is 14.4. The Labute approximate surface area is 130 Å². The Balaban J connectivity index is 2.15. The Morgan fingerprint density at radius 2 is 2.35 bits per heavy atom. The van der Waals surface area contributed by atoms with Gasteiger partial charge in [0.1, 0.15) is 5.76 Å². The van der Waals surface area contributed by atoms with Crippen molar-refractivity contribution in [3.63, 3.8) is 0 Å². The van der Waals surface area contributed by atoms with Crippen molar-refractivity contribution in [2.24, 2.45) is 5.90 Å². The molecule has 0 amide bonds. The molecule has 0 aliphatic rings. The van der Waals surface area contributed by atoms with Crippen LogP contribution in [-0.4, -0.2) is 5.37 Å². The Bertz CT molecular complexity index is 578. The molecule has 0 unspecified atom stereocenters. The van der Waals surface area contributed by atoms with Gasteiger partial charge < -0.3 is 9.73 Å². The largest absolute Gasteiger partial charge is 0.467 e. The zero-order valence-corrected chi connectivity index (χ0v) is 12.6.